The molecule has 3 rings (SSSR count). The van der Waals surface area contributed by atoms with Gasteiger partial charge in [-0.05, 0) is 31.2 Å². The smallest absolute Gasteiger partial charge is 0.194 e. The molecule has 0 spiro atoms. The lowest BCUT2D eigenvalue weighted by Crippen LogP contribution is -2.41. The Labute approximate surface area is 182 Å². The van der Waals surface area contributed by atoms with Crippen molar-refractivity contribution in [3.63, 3.8) is 0 Å². The summed E-state index contributed by atoms with van der Waals surface area (Å²) in [6.07, 6.45) is 2.15. The van der Waals surface area contributed by atoms with Gasteiger partial charge >= 0.3 is 0 Å². The van der Waals surface area contributed by atoms with Gasteiger partial charge in [0.1, 0.15) is 12.4 Å². The highest BCUT2D eigenvalue weighted by Gasteiger charge is 2.25. The lowest BCUT2D eigenvalue weighted by Gasteiger charge is -2.22. The van der Waals surface area contributed by atoms with E-state index in [2.05, 4.69) is 37.9 Å². The van der Waals surface area contributed by atoms with Crippen molar-refractivity contribution in [2.24, 2.45) is 18.0 Å². The SMILES string of the molecule is COCC1CCN(C(=NCc2nnc(C)n2C)NCCc2cccs2)C1.I. The summed E-state index contributed by atoms with van der Waals surface area (Å²) >= 11 is 1.80. The fourth-order valence-electron chi connectivity index (χ4n) is 3.15. The second-order valence-corrected chi connectivity index (χ2v) is 7.71. The third-order valence-electron chi connectivity index (χ3n) is 4.78. The van der Waals surface area contributed by atoms with Gasteiger partial charge in [-0.25, -0.2) is 4.99 Å². The predicted octanol–water partition coefficient (Wildman–Crippen LogP) is 2.46. The standard InChI is InChI=1S/C18H28N6OS.HI/c1-14-21-22-17(23(14)2)11-20-18(19-8-6-16-5-4-10-26-16)24-9-7-15(12-24)13-25-3;/h4-5,10,15H,6-9,11-13H2,1-3H3,(H,19,20);1H. The van der Waals surface area contributed by atoms with Gasteiger partial charge in [0, 0.05) is 44.6 Å². The highest BCUT2D eigenvalue weighted by molar-refractivity contribution is 14.0. The Morgan fingerprint density at radius 3 is 2.96 bits per heavy atom. The quantitative estimate of drug-likeness (QED) is 0.357. The van der Waals surface area contributed by atoms with Gasteiger partial charge in [0.15, 0.2) is 11.8 Å². The number of aryl methyl sites for hydroxylation is 1. The molecule has 1 saturated heterocycles. The molecular weight excluding hydrogens is 475 g/mol. The van der Waals surface area contributed by atoms with Gasteiger partial charge in [-0.3, -0.25) is 0 Å². The minimum atomic E-state index is 0. The number of aliphatic imine (C=N–C) groups is 1. The molecule has 1 aliphatic rings. The van der Waals surface area contributed by atoms with E-state index in [0.29, 0.717) is 12.5 Å². The number of hydrogen-bond donors (Lipinski definition) is 1. The summed E-state index contributed by atoms with van der Waals surface area (Å²) in [4.78, 5) is 8.56. The molecule has 1 unspecified atom stereocenters. The summed E-state index contributed by atoms with van der Waals surface area (Å²) in [6.45, 7) is 6.16. The highest BCUT2D eigenvalue weighted by Crippen LogP contribution is 2.17. The first-order valence-corrected chi connectivity index (χ1v) is 9.94. The Morgan fingerprint density at radius 1 is 1.44 bits per heavy atom. The highest BCUT2D eigenvalue weighted by atomic mass is 127. The van der Waals surface area contributed by atoms with Crippen molar-refractivity contribution in [1.82, 2.24) is 25.0 Å². The fourth-order valence-corrected chi connectivity index (χ4v) is 3.86. The molecule has 9 heteroatoms. The number of aromatic nitrogens is 3. The van der Waals surface area contributed by atoms with Crippen LogP contribution in [-0.2, 0) is 24.8 Å². The van der Waals surface area contributed by atoms with E-state index in [1.54, 1.807) is 18.4 Å². The van der Waals surface area contributed by atoms with E-state index in [-0.39, 0.29) is 24.0 Å². The average molecular weight is 504 g/mol. The van der Waals surface area contributed by atoms with Crippen LogP contribution in [0.25, 0.3) is 0 Å². The largest absolute Gasteiger partial charge is 0.384 e. The molecule has 1 fully saturated rings. The van der Waals surface area contributed by atoms with Gasteiger partial charge < -0.3 is 19.5 Å². The molecular formula is C18H29IN6OS. The van der Waals surface area contributed by atoms with Crippen LogP contribution >= 0.6 is 35.3 Å². The van der Waals surface area contributed by atoms with Gasteiger partial charge in [0.2, 0.25) is 0 Å². The predicted molar refractivity (Wildman–Crippen MR) is 120 cm³/mol. The van der Waals surface area contributed by atoms with E-state index < -0.39 is 0 Å². The van der Waals surface area contributed by atoms with Gasteiger partial charge in [-0.2, -0.15) is 0 Å². The molecule has 27 heavy (non-hydrogen) atoms. The summed E-state index contributed by atoms with van der Waals surface area (Å²) in [5.41, 5.74) is 0. The minimum Gasteiger partial charge on any atom is -0.384 e. The first-order chi connectivity index (χ1) is 12.7. The lowest BCUT2D eigenvalue weighted by molar-refractivity contribution is 0.157. The molecule has 0 aromatic carbocycles. The molecule has 3 heterocycles. The molecule has 0 amide bonds. The summed E-state index contributed by atoms with van der Waals surface area (Å²) < 4.78 is 7.32. The number of halogens is 1. The molecule has 0 saturated carbocycles. The summed E-state index contributed by atoms with van der Waals surface area (Å²) in [6, 6.07) is 4.27. The van der Waals surface area contributed by atoms with Crippen molar-refractivity contribution < 1.29 is 4.74 Å². The van der Waals surface area contributed by atoms with Crippen molar-refractivity contribution in [1.29, 1.82) is 0 Å². The molecule has 1 atom stereocenters. The van der Waals surface area contributed by atoms with Gasteiger partial charge in [-0.1, -0.05) is 6.07 Å². The molecule has 1 N–H and O–H groups in total. The molecule has 0 bridgehead atoms. The number of likely N-dealkylation sites (tertiary alicyclic amines) is 1. The van der Waals surface area contributed by atoms with E-state index in [9.17, 15) is 0 Å². The van der Waals surface area contributed by atoms with Crippen LogP contribution in [0.2, 0.25) is 0 Å². The minimum absolute atomic E-state index is 0. The second-order valence-electron chi connectivity index (χ2n) is 6.67. The number of hydrogen-bond acceptors (Lipinski definition) is 5. The number of guanidine groups is 1. The maximum Gasteiger partial charge on any atom is 0.194 e. The Bertz CT molecular complexity index is 718. The number of thiophene rings is 1. The van der Waals surface area contributed by atoms with Gasteiger partial charge in [0.25, 0.3) is 0 Å². The normalized spacial score (nSPS) is 17.2. The third kappa shape index (κ3) is 6.15. The number of ether oxygens (including phenoxy) is 1. The molecule has 0 aliphatic carbocycles. The first kappa shape index (κ1) is 22.1. The molecule has 1 aliphatic heterocycles. The van der Waals surface area contributed by atoms with Gasteiger partial charge in [0.05, 0.1) is 6.61 Å². The van der Waals surface area contributed by atoms with E-state index in [1.807, 2.05) is 18.5 Å². The van der Waals surface area contributed by atoms with Crippen LogP contribution in [0.4, 0.5) is 0 Å². The van der Waals surface area contributed by atoms with E-state index in [4.69, 9.17) is 9.73 Å². The first-order valence-electron chi connectivity index (χ1n) is 9.07. The number of nitrogens with zero attached hydrogens (tertiary/aromatic N) is 5. The zero-order chi connectivity index (χ0) is 18.4. The Morgan fingerprint density at radius 2 is 2.30 bits per heavy atom. The van der Waals surface area contributed by atoms with Crippen LogP contribution in [-0.4, -0.2) is 59.0 Å². The lowest BCUT2D eigenvalue weighted by atomic mass is 10.1. The van der Waals surface area contributed by atoms with E-state index in [1.165, 1.54) is 4.88 Å². The molecule has 7 nitrogen and oxygen atoms in total. The van der Waals surface area contributed by atoms with Crippen molar-refractivity contribution in [3.05, 3.63) is 34.0 Å². The van der Waals surface area contributed by atoms with Crippen LogP contribution in [0.1, 0.15) is 22.9 Å². The maximum atomic E-state index is 5.32. The van der Waals surface area contributed by atoms with Crippen molar-refractivity contribution in [2.75, 3.05) is 33.4 Å². The fraction of sp³-hybridized carbons (Fsp3) is 0.611. The molecule has 0 radical (unpaired) electrons. The molecule has 2 aromatic rings. The number of rotatable bonds is 7. The van der Waals surface area contributed by atoms with Crippen LogP contribution < -0.4 is 5.32 Å². The maximum absolute atomic E-state index is 5.32. The zero-order valence-corrected chi connectivity index (χ0v) is 19.4. The van der Waals surface area contributed by atoms with E-state index in [0.717, 1.165) is 56.7 Å². The summed E-state index contributed by atoms with van der Waals surface area (Å²) in [5.74, 6) is 3.32. The number of nitrogens with one attached hydrogen (secondary N) is 1. The number of methoxy groups -OCH3 is 1. The van der Waals surface area contributed by atoms with Crippen LogP contribution in [0.3, 0.4) is 0 Å². The molecule has 2 aromatic heterocycles. The topological polar surface area (TPSA) is 67.6 Å². The van der Waals surface area contributed by atoms with Crippen LogP contribution in [0.5, 0.6) is 0 Å². The third-order valence-corrected chi connectivity index (χ3v) is 5.71. The van der Waals surface area contributed by atoms with Crippen molar-refractivity contribution >= 4 is 41.3 Å². The van der Waals surface area contributed by atoms with E-state index >= 15 is 0 Å². The molecule has 150 valence electrons. The van der Waals surface area contributed by atoms with Crippen LogP contribution in [0, 0.1) is 12.8 Å². The zero-order valence-electron chi connectivity index (χ0n) is 16.2. The average Bonchev–Trinajstić information content (AvgIpc) is 3.36. The Kier molecular flexibility index (Phi) is 8.97. The Hall–Kier alpha value is -1.20. The van der Waals surface area contributed by atoms with Gasteiger partial charge in [-0.15, -0.1) is 45.5 Å². The van der Waals surface area contributed by atoms with Crippen molar-refractivity contribution in [3.8, 4) is 0 Å². The summed E-state index contributed by atoms with van der Waals surface area (Å²) in [7, 11) is 3.75. The monoisotopic (exact) mass is 504 g/mol. The van der Waals surface area contributed by atoms with Crippen LogP contribution in [0.15, 0.2) is 22.5 Å². The summed E-state index contributed by atoms with van der Waals surface area (Å²) in [5, 5.41) is 14.0. The Balaban J connectivity index is 0.00000261. The second kappa shape index (κ2) is 11.0. The van der Waals surface area contributed by atoms with Crippen molar-refractivity contribution in [2.45, 2.75) is 26.3 Å².